The second-order valence-electron chi connectivity index (χ2n) is 4.31. The Balaban J connectivity index is 2.42. The lowest BCUT2D eigenvalue weighted by molar-refractivity contribution is 0.0903. The summed E-state index contributed by atoms with van der Waals surface area (Å²) < 4.78 is 6.16. The second kappa shape index (κ2) is 9.31. The molecular weight excluding hydrogens is 310 g/mol. The Kier molecular flexibility index (Phi) is 8.05. The first-order valence-corrected chi connectivity index (χ1v) is 7.38. The molecule has 3 N–H and O–H groups in total. The molecule has 0 aliphatic carbocycles. The molecule has 0 aliphatic heterocycles. The lowest BCUT2D eigenvalue weighted by atomic mass is 10.0. The van der Waals surface area contributed by atoms with Crippen molar-refractivity contribution in [1.29, 1.82) is 0 Å². The normalized spacial score (nSPS) is 12.6. The number of ether oxygens (including phenoxy) is 1. The summed E-state index contributed by atoms with van der Waals surface area (Å²) in [4.78, 5) is 0. The molecule has 1 unspecified atom stereocenters. The molecule has 5 heteroatoms. The molecule has 108 valence electrons. The summed E-state index contributed by atoms with van der Waals surface area (Å²) in [5, 5.41) is 21.9. The minimum atomic E-state index is 0.0664. The highest BCUT2D eigenvalue weighted by atomic mass is 79.9. The van der Waals surface area contributed by atoms with Crippen molar-refractivity contribution in [1.82, 2.24) is 5.32 Å². The molecule has 0 amide bonds. The number of halogens is 1. The number of hydrogen-bond donors (Lipinski definition) is 3. The minimum Gasteiger partial charge on any atom is -0.508 e. The predicted octanol–water partition coefficient (Wildman–Crippen LogP) is 2.59. The number of aliphatic hydroxyl groups is 1. The van der Waals surface area contributed by atoms with Gasteiger partial charge in [-0.2, -0.15) is 0 Å². The summed E-state index contributed by atoms with van der Waals surface area (Å²) in [5.41, 5.74) is 0.910. The molecule has 19 heavy (non-hydrogen) atoms. The maximum absolute atomic E-state index is 9.90. The molecule has 0 bridgehead atoms. The minimum absolute atomic E-state index is 0.0664. The van der Waals surface area contributed by atoms with E-state index in [0.717, 1.165) is 29.4 Å². The number of benzene rings is 1. The monoisotopic (exact) mass is 331 g/mol. The van der Waals surface area contributed by atoms with E-state index >= 15 is 0 Å². The van der Waals surface area contributed by atoms with Crippen molar-refractivity contribution >= 4 is 15.9 Å². The largest absolute Gasteiger partial charge is 0.508 e. The van der Waals surface area contributed by atoms with Gasteiger partial charge in [0.1, 0.15) is 5.75 Å². The molecule has 0 aliphatic rings. The molecule has 1 rings (SSSR count). The van der Waals surface area contributed by atoms with Gasteiger partial charge in [0.15, 0.2) is 0 Å². The van der Waals surface area contributed by atoms with Crippen LogP contribution in [0.4, 0.5) is 0 Å². The number of hydrogen-bond acceptors (Lipinski definition) is 4. The third kappa shape index (κ3) is 5.91. The van der Waals surface area contributed by atoms with Crippen LogP contribution in [0.25, 0.3) is 0 Å². The standard InChI is InChI=1S/C14H22BrNO3/c1-2-13(16-6-3-8-19-9-7-17)12-10-11(15)4-5-14(12)18/h4-5,10,13,16-18H,2-3,6-9H2,1H3. The first kappa shape index (κ1) is 16.4. The molecule has 0 saturated carbocycles. The number of phenols is 1. The van der Waals surface area contributed by atoms with E-state index in [1.807, 2.05) is 12.1 Å². The number of aromatic hydroxyl groups is 1. The molecular formula is C14H22BrNO3. The van der Waals surface area contributed by atoms with Gasteiger partial charge in [0, 0.05) is 22.7 Å². The van der Waals surface area contributed by atoms with Crippen LogP contribution < -0.4 is 5.32 Å². The molecule has 1 aromatic carbocycles. The zero-order valence-corrected chi connectivity index (χ0v) is 12.8. The molecule has 0 aromatic heterocycles. The van der Waals surface area contributed by atoms with Gasteiger partial charge in [-0.1, -0.05) is 22.9 Å². The molecule has 0 radical (unpaired) electrons. The van der Waals surface area contributed by atoms with Gasteiger partial charge in [-0.25, -0.2) is 0 Å². The lowest BCUT2D eigenvalue weighted by Crippen LogP contribution is -2.23. The van der Waals surface area contributed by atoms with E-state index < -0.39 is 0 Å². The van der Waals surface area contributed by atoms with Crippen molar-refractivity contribution in [3.8, 4) is 5.75 Å². The highest BCUT2D eigenvalue weighted by Crippen LogP contribution is 2.29. The average Bonchev–Trinajstić information content (AvgIpc) is 2.41. The first-order valence-electron chi connectivity index (χ1n) is 6.59. The van der Waals surface area contributed by atoms with Crippen molar-refractivity contribution < 1.29 is 14.9 Å². The lowest BCUT2D eigenvalue weighted by Gasteiger charge is -2.19. The van der Waals surface area contributed by atoms with Crippen LogP contribution in [0, 0.1) is 0 Å². The fraction of sp³-hybridized carbons (Fsp3) is 0.571. The average molecular weight is 332 g/mol. The molecule has 0 saturated heterocycles. The van der Waals surface area contributed by atoms with Gasteiger partial charge in [-0.3, -0.25) is 0 Å². The Labute approximate surface area is 122 Å². The Hall–Kier alpha value is -0.620. The van der Waals surface area contributed by atoms with Gasteiger partial charge in [-0.15, -0.1) is 0 Å². The van der Waals surface area contributed by atoms with E-state index in [9.17, 15) is 5.11 Å². The van der Waals surface area contributed by atoms with E-state index in [0.29, 0.717) is 19.0 Å². The molecule has 0 heterocycles. The summed E-state index contributed by atoms with van der Waals surface area (Å²) in [5.74, 6) is 0.319. The summed E-state index contributed by atoms with van der Waals surface area (Å²) in [6.45, 7) is 3.99. The van der Waals surface area contributed by atoms with Crippen molar-refractivity contribution in [2.45, 2.75) is 25.8 Å². The summed E-state index contributed by atoms with van der Waals surface area (Å²) in [6, 6.07) is 5.61. The van der Waals surface area contributed by atoms with Gasteiger partial charge in [0.2, 0.25) is 0 Å². The highest BCUT2D eigenvalue weighted by molar-refractivity contribution is 9.10. The smallest absolute Gasteiger partial charge is 0.120 e. The number of nitrogens with one attached hydrogen (secondary N) is 1. The Morgan fingerprint density at radius 1 is 1.37 bits per heavy atom. The second-order valence-corrected chi connectivity index (χ2v) is 5.22. The topological polar surface area (TPSA) is 61.7 Å². The maximum Gasteiger partial charge on any atom is 0.120 e. The zero-order chi connectivity index (χ0) is 14.1. The first-order chi connectivity index (χ1) is 9.19. The van der Waals surface area contributed by atoms with Gasteiger partial charge < -0.3 is 20.3 Å². The Bertz CT molecular complexity index is 374. The Morgan fingerprint density at radius 2 is 2.16 bits per heavy atom. The molecule has 1 aromatic rings. The van der Waals surface area contributed by atoms with Crippen molar-refractivity contribution in [3.05, 3.63) is 28.2 Å². The molecule has 4 nitrogen and oxygen atoms in total. The summed E-state index contributed by atoms with van der Waals surface area (Å²) in [7, 11) is 0. The van der Waals surface area contributed by atoms with E-state index in [1.165, 1.54) is 0 Å². The predicted molar refractivity (Wildman–Crippen MR) is 79.4 cm³/mol. The highest BCUT2D eigenvalue weighted by Gasteiger charge is 2.13. The summed E-state index contributed by atoms with van der Waals surface area (Å²) in [6.07, 6.45) is 1.78. The van der Waals surface area contributed by atoms with Crippen molar-refractivity contribution in [3.63, 3.8) is 0 Å². The summed E-state index contributed by atoms with van der Waals surface area (Å²) >= 11 is 3.42. The van der Waals surface area contributed by atoms with Crippen LogP contribution in [-0.2, 0) is 4.74 Å². The Morgan fingerprint density at radius 3 is 2.84 bits per heavy atom. The van der Waals surface area contributed by atoms with Crippen molar-refractivity contribution in [2.75, 3.05) is 26.4 Å². The fourth-order valence-corrected chi connectivity index (χ4v) is 2.27. The SMILES string of the molecule is CCC(NCCCOCCO)c1cc(Br)ccc1O. The quantitative estimate of drug-likeness (QED) is 0.609. The van der Waals surface area contributed by atoms with E-state index in [2.05, 4.69) is 28.2 Å². The van der Waals surface area contributed by atoms with Gasteiger partial charge in [0.25, 0.3) is 0 Å². The maximum atomic E-state index is 9.90. The van der Waals surface area contributed by atoms with E-state index in [1.54, 1.807) is 6.07 Å². The van der Waals surface area contributed by atoms with E-state index in [4.69, 9.17) is 9.84 Å². The number of rotatable bonds is 9. The van der Waals surface area contributed by atoms with Crippen LogP contribution in [-0.4, -0.2) is 36.6 Å². The van der Waals surface area contributed by atoms with Crippen LogP contribution in [0.1, 0.15) is 31.4 Å². The van der Waals surface area contributed by atoms with Gasteiger partial charge in [0.05, 0.1) is 13.2 Å². The van der Waals surface area contributed by atoms with Gasteiger partial charge in [-0.05, 0) is 37.6 Å². The van der Waals surface area contributed by atoms with Crippen molar-refractivity contribution in [2.24, 2.45) is 0 Å². The van der Waals surface area contributed by atoms with Crippen LogP contribution >= 0.6 is 15.9 Å². The third-order valence-electron chi connectivity index (χ3n) is 2.87. The van der Waals surface area contributed by atoms with Gasteiger partial charge >= 0.3 is 0 Å². The zero-order valence-electron chi connectivity index (χ0n) is 11.2. The molecule has 1 atom stereocenters. The van der Waals surface area contributed by atoms with Crippen LogP contribution in [0.5, 0.6) is 5.75 Å². The fourth-order valence-electron chi connectivity index (χ4n) is 1.90. The third-order valence-corrected chi connectivity index (χ3v) is 3.36. The van der Waals surface area contributed by atoms with Crippen LogP contribution in [0.15, 0.2) is 22.7 Å². The van der Waals surface area contributed by atoms with E-state index in [-0.39, 0.29) is 12.6 Å². The number of aliphatic hydroxyl groups excluding tert-OH is 1. The van der Waals surface area contributed by atoms with Crippen LogP contribution in [0.3, 0.4) is 0 Å². The number of phenolic OH excluding ortho intramolecular Hbond substituents is 1. The molecule has 0 fully saturated rings. The molecule has 0 spiro atoms. The van der Waals surface area contributed by atoms with Crippen LogP contribution in [0.2, 0.25) is 0 Å².